The van der Waals surface area contributed by atoms with Gasteiger partial charge in [-0.1, -0.05) is 32.6 Å². The first-order valence-corrected chi connectivity index (χ1v) is 9.13. The molecule has 0 bridgehead atoms. The number of esters is 1. The van der Waals surface area contributed by atoms with Gasteiger partial charge in [0.15, 0.2) is 0 Å². The Morgan fingerprint density at radius 2 is 1.82 bits per heavy atom. The first-order chi connectivity index (χ1) is 10.2. The number of ether oxygens (including phenoxy) is 1. The van der Waals surface area contributed by atoms with Crippen LogP contribution in [0.1, 0.15) is 71.6 Å². The van der Waals surface area contributed by atoms with Gasteiger partial charge in [0.2, 0.25) is 0 Å². The largest absolute Gasteiger partial charge is 0.464 e. The monoisotopic (exact) mass is 331 g/mol. The molecule has 2 aliphatic rings. The Hall–Kier alpha value is -0.280. The highest BCUT2D eigenvalue weighted by Gasteiger charge is 2.31. The van der Waals surface area contributed by atoms with Crippen LogP contribution in [0.5, 0.6) is 0 Å². The van der Waals surface area contributed by atoms with E-state index in [1.54, 1.807) is 0 Å². The Labute approximate surface area is 142 Å². The van der Waals surface area contributed by atoms with Gasteiger partial charge in [0.25, 0.3) is 0 Å². The summed E-state index contributed by atoms with van der Waals surface area (Å²) in [7, 11) is 0. The minimum absolute atomic E-state index is 0. The van der Waals surface area contributed by atoms with E-state index in [0.29, 0.717) is 18.6 Å². The summed E-state index contributed by atoms with van der Waals surface area (Å²) in [6.07, 6.45) is 11.0. The van der Waals surface area contributed by atoms with Crippen LogP contribution in [-0.2, 0) is 9.53 Å². The Balaban J connectivity index is 0.00000242. The highest BCUT2D eigenvalue weighted by Crippen LogP contribution is 2.34. The molecule has 2 atom stereocenters. The third-order valence-corrected chi connectivity index (χ3v) is 5.37. The summed E-state index contributed by atoms with van der Waals surface area (Å²) in [4.78, 5) is 15.0. The van der Waals surface area contributed by atoms with E-state index >= 15 is 0 Å². The molecule has 2 fully saturated rings. The lowest BCUT2D eigenvalue weighted by molar-refractivity contribution is -0.152. The number of carbonyl (C=O) groups is 1. The molecule has 0 aromatic carbocycles. The quantitative estimate of drug-likeness (QED) is 0.616. The maximum atomic E-state index is 12.5. The van der Waals surface area contributed by atoms with Crippen molar-refractivity contribution in [1.82, 2.24) is 4.90 Å². The molecule has 2 rings (SSSR count). The molecule has 1 saturated heterocycles. The summed E-state index contributed by atoms with van der Waals surface area (Å²) in [6, 6.07) is 0.381. The van der Waals surface area contributed by atoms with Crippen molar-refractivity contribution in [2.75, 3.05) is 19.7 Å². The van der Waals surface area contributed by atoms with Crippen LogP contribution in [0.2, 0.25) is 0 Å². The van der Waals surface area contributed by atoms with Gasteiger partial charge in [0.05, 0.1) is 5.92 Å². The van der Waals surface area contributed by atoms with Crippen molar-refractivity contribution in [1.29, 1.82) is 0 Å². The number of hydrogen-bond donors (Lipinski definition) is 0. The number of nitrogens with zero attached hydrogens (tertiary/aromatic N) is 1. The van der Waals surface area contributed by atoms with E-state index in [-0.39, 0.29) is 24.3 Å². The molecule has 1 heterocycles. The molecule has 0 radical (unpaired) electrons. The van der Waals surface area contributed by atoms with Crippen molar-refractivity contribution in [3.8, 4) is 0 Å². The Bertz CT molecular complexity index is 312. The predicted octanol–water partition coefficient (Wildman–Crippen LogP) is 4.43. The van der Waals surface area contributed by atoms with E-state index < -0.39 is 0 Å². The van der Waals surface area contributed by atoms with Crippen molar-refractivity contribution in [2.45, 2.75) is 77.7 Å². The van der Waals surface area contributed by atoms with Crippen LogP contribution in [0.4, 0.5) is 0 Å². The summed E-state index contributed by atoms with van der Waals surface area (Å²) < 4.78 is 5.71. The molecule has 1 aliphatic carbocycles. The second kappa shape index (κ2) is 10.5. The summed E-state index contributed by atoms with van der Waals surface area (Å²) in [6.45, 7) is 7.30. The fourth-order valence-corrected chi connectivity index (χ4v) is 3.93. The van der Waals surface area contributed by atoms with Gasteiger partial charge < -0.3 is 4.74 Å². The van der Waals surface area contributed by atoms with Crippen LogP contribution in [0.15, 0.2) is 0 Å². The minimum atomic E-state index is 0. The average molecular weight is 332 g/mol. The Morgan fingerprint density at radius 1 is 1.18 bits per heavy atom. The molecule has 0 aromatic heterocycles. The molecule has 1 saturated carbocycles. The number of carbonyl (C=O) groups excluding carboxylic acids is 1. The van der Waals surface area contributed by atoms with Gasteiger partial charge in [-0.25, -0.2) is 0 Å². The molecular formula is C18H34ClNO2. The third-order valence-electron chi connectivity index (χ3n) is 5.37. The third kappa shape index (κ3) is 5.73. The fraction of sp³-hybridized carbons (Fsp3) is 0.944. The lowest BCUT2D eigenvalue weighted by Crippen LogP contribution is -2.36. The standard InChI is InChI=1S/C18H33NO2.ClH/c1-3-4-11-17(16-9-5-6-10-16)18(20)21-14-15(2)19-12-7-8-13-19;/h15-17H,3-14H2,1-2H3;1H. The molecule has 3 nitrogen and oxygen atoms in total. The zero-order valence-corrected chi connectivity index (χ0v) is 15.2. The van der Waals surface area contributed by atoms with E-state index in [1.807, 2.05) is 0 Å². The van der Waals surface area contributed by atoms with E-state index in [2.05, 4.69) is 18.7 Å². The van der Waals surface area contributed by atoms with Crippen molar-refractivity contribution >= 4 is 18.4 Å². The average Bonchev–Trinajstić information content (AvgIpc) is 3.18. The van der Waals surface area contributed by atoms with Gasteiger partial charge in [0.1, 0.15) is 6.61 Å². The van der Waals surface area contributed by atoms with Gasteiger partial charge in [-0.2, -0.15) is 0 Å². The van der Waals surface area contributed by atoms with E-state index in [1.165, 1.54) is 58.0 Å². The molecule has 2 unspecified atom stereocenters. The number of unbranched alkanes of at least 4 members (excludes halogenated alkanes) is 1. The van der Waals surface area contributed by atoms with Crippen LogP contribution in [0, 0.1) is 11.8 Å². The van der Waals surface area contributed by atoms with Gasteiger partial charge in [-0.3, -0.25) is 9.69 Å². The molecule has 0 amide bonds. The first kappa shape index (κ1) is 19.8. The SMILES string of the molecule is CCCCC(C(=O)OCC(C)N1CCCC1)C1CCCC1.Cl. The van der Waals surface area contributed by atoms with Crippen molar-refractivity contribution in [3.05, 3.63) is 0 Å². The van der Waals surface area contributed by atoms with Crippen LogP contribution in [0.3, 0.4) is 0 Å². The van der Waals surface area contributed by atoms with E-state index in [9.17, 15) is 4.79 Å². The van der Waals surface area contributed by atoms with Crippen LogP contribution in [-0.4, -0.2) is 36.6 Å². The highest BCUT2D eigenvalue weighted by molar-refractivity contribution is 5.85. The van der Waals surface area contributed by atoms with Crippen LogP contribution < -0.4 is 0 Å². The summed E-state index contributed by atoms with van der Waals surface area (Å²) in [5, 5.41) is 0. The second-order valence-electron chi connectivity index (χ2n) is 7.02. The summed E-state index contributed by atoms with van der Waals surface area (Å²) in [5.74, 6) is 0.839. The number of halogens is 1. The molecule has 0 aromatic rings. The van der Waals surface area contributed by atoms with Crippen LogP contribution >= 0.6 is 12.4 Å². The van der Waals surface area contributed by atoms with Crippen LogP contribution in [0.25, 0.3) is 0 Å². The summed E-state index contributed by atoms with van der Waals surface area (Å²) >= 11 is 0. The zero-order chi connectivity index (χ0) is 15.1. The minimum Gasteiger partial charge on any atom is -0.464 e. The molecular weight excluding hydrogens is 298 g/mol. The Kier molecular flexibility index (Phi) is 9.42. The molecule has 1 aliphatic heterocycles. The molecule has 22 heavy (non-hydrogen) atoms. The number of likely N-dealkylation sites (tertiary alicyclic amines) is 1. The zero-order valence-electron chi connectivity index (χ0n) is 14.4. The fourth-order valence-electron chi connectivity index (χ4n) is 3.93. The molecule has 0 spiro atoms. The van der Waals surface area contributed by atoms with Gasteiger partial charge >= 0.3 is 5.97 Å². The number of hydrogen-bond acceptors (Lipinski definition) is 3. The van der Waals surface area contributed by atoms with E-state index in [4.69, 9.17) is 4.74 Å². The van der Waals surface area contributed by atoms with Crippen molar-refractivity contribution in [3.63, 3.8) is 0 Å². The first-order valence-electron chi connectivity index (χ1n) is 9.13. The topological polar surface area (TPSA) is 29.5 Å². The Morgan fingerprint density at radius 3 is 2.41 bits per heavy atom. The van der Waals surface area contributed by atoms with Gasteiger partial charge in [-0.15, -0.1) is 12.4 Å². The maximum absolute atomic E-state index is 12.5. The lowest BCUT2D eigenvalue weighted by Gasteiger charge is -2.26. The van der Waals surface area contributed by atoms with Gasteiger partial charge in [-0.05, 0) is 58.0 Å². The van der Waals surface area contributed by atoms with E-state index in [0.717, 1.165) is 12.8 Å². The molecule has 4 heteroatoms. The number of rotatable bonds is 8. The highest BCUT2D eigenvalue weighted by atomic mass is 35.5. The molecule has 0 N–H and O–H groups in total. The smallest absolute Gasteiger partial charge is 0.309 e. The molecule has 130 valence electrons. The second-order valence-corrected chi connectivity index (χ2v) is 7.02. The van der Waals surface area contributed by atoms with Crippen molar-refractivity contribution < 1.29 is 9.53 Å². The van der Waals surface area contributed by atoms with Crippen molar-refractivity contribution in [2.24, 2.45) is 11.8 Å². The summed E-state index contributed by atoms with van der Waals surface area (Å²) in [5.41, 5.74) is 0. The predicted molar refractivity (Wildman–Crippen MR) is 93.4 cm³/mol. The maximum Gasteiger partial charge on any atom is 0.309 e. The normalized spacial score (nSPS) is 22.3. The van der Waals surface area contributed by atoms with Gasteiger partial charge in [0, 0.05) is 6.04 Å². The lowest BCUT2D eigenvalue weighted by atomic mass is 9.87.